The Bertz CT molecular complexity index is 619. The molecule has 1 aromatic carbocycles. The maximum atomic E-state index is 5.35. The molecule has 0 aliphatic rings. The molecule has 1 heterocycles. The van der Waals surface area contributed by atoms with Gasteiger partial charge in [0.2, 0.25) is 0 Å². The molecule has 112 valence electrons. The molecule has 0 amide bonds. The van der Waals surface area contributed by atoms with E-state index >= 15 is 0 Å². The van der Waals surface area contributed by atoms with Gasteiger partial charge in [-0.25, -0.2) is 4.68 Å². The topological polar surface area (TPSA) is 33.1 Å². The van der Waals surface area contributed by atoms with Gasteiger partial charge in [-0.2, -0.15) is 5.10 Å². The van der Waals surface area contributed by atoms with Crippen molar-refractivity contribution in [2.45, 2.75) is 27.3 Å². The second-order valence-corrected chi connectivity index (χ2v) is 5.47. The van der Waals surface area contributed by atoms with Crippen molar-refractivity contribution >= 4 is 17.3 Å². The molecule has 0 saturated heterocycles. The zero-order valence-corrected chi connectivity index (χ0v) is 13.9. The van der Waals surface area contributed by atoms with E-state index in [-0.39, 0.29) is 0 Å². The highest BCUT2D eigenvalue weighted by atomic mass is 32.1. The van der Waals surface area contributed by atoms with Crippen LogP contribution in [0.5, 0.6) is 0 Å². The van der Waals surface area contributed by atoms with Crippen LogP contribution in [0.3, 0.4) is 0 Å². The number of benzene rings is 1. The third-order valence-corrected chi connectivity index (χ3v) is 3.97. The van der Waals surface area contributed by atoms with Crippen LogP contribution in [0.4, 0.5) is 0 Å². The number of nitrogens with zero attached hydrogens (tertiary/aromatic N) is 3. The quantitative estimate of drug-likeness (QED) is 0.881. The monoisotopic (exact) mass is 302 g/mol. The van der Waals surface area contributed by atoms with E-state index in [0.29, 0.717) is 0 Å². The predicted octanol–water partition coefficient (Wildman–Crippen LogP) is 2.82. The average molecular weight is 302 g/mol. The fourth-order valence-corrected chi connectivity index (χ4v) is 2.53. The van der Waals surface area contributed by atoms with Crippen LogP contribution in [-0.4, -0.2) is 33.4 Å². The third-order valence-electron chi connectivity index (χ3n) is 3.51. The number of hydrogen-bond donors (Lipinski definition) is 1. The third kappa shape index (κ3) is 3.42. The Balaban J connectivity index is 2.26. The van der Waals surface area contributed by atoms with Gasteiger partial charge in [0.05, 0.1) is 11.4 Å². The number of nitrogens with one attached hydrogen (secondary N) is 1. The highest BCUT2D eigenvalue weighted by molar-refractivity contribution is 7.80. The van der Waals surface area contributed by atoms with Crippen LogP contribution in [0.2, 0.25) is 0 Å². The zero-order valence-electron chi connectivity index (χ0n) is 13.1. The minimum Gasteiger partial charge on any atom is -0.363 e. The minimum atomic E-state index is 0.760. The van der Waals surface area contributed by atoms with Gasteiger partial charge in [0, 0.05) is 31.4 Å². The molecule has 0 saturated carbocycles. The van der Waals surface area contributed by atoms with E-state index < -0.39 is 0 Å². The summed E-state index contributed by atoms with van der Waals surface area (Å²) in [5.41, 5.74) is 4.51. The Kier molecular flexibility index (Phi) is 4.96. The van der Waals surface area contributed by atoms with Crippen LogP contribution in [-0.2, 0) is 6.54 Å². The van der Waals surface area contributed by atoms with E-state index in [2.05, 4.69) is 29.5 Å². The fourth-order valence-electron chi connectivity index (χ4n) is 2.32. The lowest BCUT2D eigenvalue weighted by Gasteiger charge is -2.20. The van der Waals surface area contributed by atoms with Gasteiger partial charge >= 0.3 is 0 Å². The van der Waals surface area contributed by atoms with E-state index in [1.54, 1.807) is 0 Å². The lowest BCUT2D eigenvalue weighted by Crippen LogP contribution is -2.36. The zero-order chi connectivity index (χ0) is 15.4. The van der Waals surface area contributed by atoms with E-state index in [0.717, 1.165) is 35.3 Å². The van der Waals surface area contributed by atoms with Crippen molar-refractivity contribution in [2.75, 3.05) is 13.6 Å². The van der Waals surface area contributed by atoms with Crippen LogP contribution in [0, 0.1) is 13.8 Å². The van der Waals surface area contributed by atoms with Gasteiger partial charge < -0.3 is 10.2 Å². The Hall–Kier alpha value is -1.88. The van der Waals surface area contributed by atoms with Crippen molar-refractivity contribution in [3.63, 3.8) is 0 Å². The van der Waals surface area contributed by atoms with Gasteiger partial charge in [-0.1, -0.05) is 18.2 Å². The summed E-state index contributed by atoms with van der Waals surface area (Å²) in [5, 5.41) is 8.61. The summed E-state index contributed by atoms with van der Waals surface area (Å²) in [5.74, 6) is 0. The number of hydrogen-bond acceptors (Lipinski definition) is 2. The first-order chi connectivity index (χ1) is 10.0. The Morgan fingerprint density at radius 1 is 1.29 bits per heavy atom. The molecule has 0 aliphatic carbocycles. The van der Waals surface area contributed by atoms with Gasteiger partial charge in [0.1, 0.15) is 0 Å². The van der Waals surface area contributed by atoms with Gasteiger partial charge in [-0.05, 0) is 45.1 Å². The molecule has 0 fully saturated rings. The largest absolute Gasteiger partial charge is 0.363 e. The molecule has 0 bridgehead atoms. The molecule has 1 aromatic heterocycles. The summed E-state index contributed by atoms with van der Waals surface area (Å²) in [6.45, 7) is 7.79. The van der Waals surface area contributed by atoms with Crippen LogP contribution in [0.15, 0.2) is 30.3 Å². The molecule has 21 heavy (non-hydrogen) atoms. The molecule has 0 unspecified atom stereocenters. The normalized spacial score (nSPS) is 10.5. The van der Waals surface area contributed by atoms with Crippen molar-refractivity contribution in [1.82, 2.24) is 20.0 Å². The van der Waals surface area contributed by atoms with Gasteiger partial charge in [0.15, 0.2) is 5.11 Å². The molecular weight excluding hydrogens is 280 g/mol. The molecular formula is C16H22N4S. The summed E-state index contributed by atoms with van der Waals surface area (Å²) in [7, 11) is 2.00. The smallest absolute Gasteiger partial charge is 0.168 e. The van der Waals surface area contributed by atoms with Crippen molar-refractivity contribution in [2.24, 2.45) is 0 Å². The SMILES string of the molecule is CCNC(=S)N(C)Cc1c(C)nn(-c2ccccc2)c1C. The predicted molar refractivity (Wildman–Crippen MR) is 90.8 cm³/mol. The van der Waals surface area contributed by atoms with Crippen molar-refractivity contribution < 1.29 is 0 Å². The standard InChI is InChI=1S/C16H22N4S/c1-5-17-16(21)19(4)11-15-12(2)18-20(13(15)3)14-9-7-6-8-10-14/h6-10H,5,11H2,1-4H3,(H,17,21). The lowest BCUT2D eigenvalue weighted by atomic mass is 10.2. The van der Waals surface area contributed by atoms with Crippen LogP contribution in [0.25, 0.3) is 5.69 Å². The van der Waals surface area contributed by atoms with E-state index in [1.807, 2.05) is 48.7 Å². The van der Waals surface area contributed by atoms with E-state index in [4.69, 9.17) is 12.2 Å². The molecule has 0 aliphatic heterocycles. The first-order valence-corrected chi connectivity index (χ1v) is 7.55. The number of rotatable bonds is 4. The minimum absolute atomic E-state index is 0.760. The van der Waals surface area contributed by atoms with Gasteiger partial charge in [-0.15, -0.1) is 0 Å². The first kappa shape index (κ1) is 15.5. The Morgan fingerprint density at radius 2 is 1.95 bits per heavy atom. The van der Waals surface area contributed by atoms with Crippen LogP contribution >= 0.6 is 12.2 Å². The average Bonchev–Trinajstić information content (AvgIpc) is 2.76. The van der Waals surface area contributed by atoms with E-state index in [1.165, 1.54) is 5.56 Å². The number of thiocarbonyl (C=S) groups is 1. The maximum absolute atomic E-state index is 5.35. The van der Waals surface area contributed by atoms with Crippen LogP contribution < -0.4 is 5.32 Å². The molecule has 0 radical (unpaired) electrons. The molecule has 5 heteroatoms. The summed E-state index contributed by atoms with van der Waals surface area (Å²) in [4.78, 5) is 2.05. The Morgan fingerprint density at radius 3 is 2.57 bits per heavy atom. The molecule has 2 aromatic rings. The second-order valence-electron chi connectivity index (χ2n) is 5.09. The maximum Gasteiger partial charge on any atom is 0.168 e. The highest BCUT2D eigenvalue weighted by Crippen LogP contribution is 2.19. The van der Waals surface area contributed by atoms with Gasteiger partial charge in [0.25, 0.3) is 0 Å². The highest BCUT2D eigenvalue weighted by Gasteiger charge is 2.15. The first-order valence-electron chi connectivity index (χ1n) is 7.14. The number of para-hydroxylation sites is 1. The van der Waals surface area contributed by atoms with Crippen molar-refractivity contribution in [3.8, 4) is 5.69 Å². The molecule has 2 rings (SSSR count). The van der Waals surface area contributed by atoms with Gasteiger partial charge in [-0.3, -0.25) is 0 Å². The van der Waals surface area contributed by atoms with Crippen LogP contribution in [0.1, 0.15) is 23.9 Å². The summed E-state index contributed by atoms with van der Waals surface area (Å²) < 4.78 is 1.99. The summed E-state index contributed by atoms with van der Waals surface area (Å²) in [6.07, 6.45) is 0. The number of aromatic nitrogens is 2. The second kappa shape index (κ2) is 6.72. The molecule has 4 nitrogen and oxygen atoms in total. The molecule has 1 N–H and O–H groups in total. The summed E-state index contributed by atoms with van der Waals surface area (Å²) in [6, 6.07) is 10.2. The van der Waals surface area contributed by atoms with E-state index in [9.17, 15) is 0 Å². The summed E-state index contributed by atoms with van der Waals surface area (Å²) >= 11 is 5.35. The number of aryl methyl sites for hydroxylation is 1. The van der Waals surface area contributed by atoms with Crippen molar-refractivity contribution in [1.29, 1.82) is 0 Å². The fraction of sp³-hybridized carbons (Fsp3) is 0.375. The Labute approximate surface area is 131 Å². The lowest BCUT2D eigenvalue weighted by molar-refractivity contribution is 0.488. The molecule has 0 spiro atoms. The van der Waals surface area contributed by atoms with Crippen molar-refractivity contribution in [3.05, 3.63) is 47.3 Å². The molecule has 0 atom stereocenters.